The molecule has 1 aliphatic heterocycles. The van der Waals surface area contributed by atoms with Crippen molar-refractivity contribution >= 4 is 39.1 Å². The van der Waals surface area contributed by atoms with Crippen molar-refractivity contribution in [1.82, 2.24) is 4.98 Å². The number of carbonyl (C=O) groups excluding carboxylic acids is 1. The van der Waals surface area contributed by atoms with Gasteiger partial charge in [-0.15, -0.1) is 11.3 Å². The number of aliphatic carboxylic acids is 1. The lowest BCUT2D eigenvalue weighted by atomic mass is 10.1. The Kier molecular flexibility index (Phi) is 2.74. The van der Waals surface area contributed by atoms with E-state index >= 15 is 0 Å². The van der Waals surface area contributed by atoms with Crippen molar-refractivity contribution in [2.75, 3.05) is 11.4 Å². The van der Waals surface area contributed by atoms with Gasteiger partial charge in [-0.3, -0.25) is 9.59 Å². The molecule has 3 rings (SSSR count). The fourth-order valence-electron chi connectivity index (χ4n) is 2.32. The Bertz CT molecular complexity index is 680. The number of amides is 1. The number of rotatable bonds is 2. The first kappa shape index (κ1) is 12.1. The molecule has 1 N–H and O–H groups in total. The van der Waals surface area contributed by atoms with Gasteiger partial charge in [0.15, 0.2) is 0 Å². The number of fused-ring (bicyclic) bond motifs is 1. The van der Waals surface area contributed by atoms with Crippen LogP contribution < -0.4 is 4.90 Å². The summed E-state index contributed by atoms with van der Waals surface area (Å²) < 4.78 is 1.02. The highest BCUT2D eigenvalue weighted by molar-refractivity contribution is 7.18. The van der Waals surface area contributed by atoms with E-state index in [0.717, 1.165) is 20.9 Å². The zero-order valence-corrected chi connectivity index (χ0v) is 11.1. The van der Waals surface area contributed by atoms with Crippen LogP contribution in [0.15, 0.2) is 18.2 Å². The van der Waals surface area contributed by atoms with E-state index in [4.69, 9.17) is 5.11 Å². The fourth-order valence-corrected chi connectivity index (χ4v) is 3.18. The summed E-state index contributed by atoms with van der Waals surface area (Å²) in [5.74, 6) is -1.65. The first-order valence-electron chi connectivity index (χ1n) is 5.95. The van der Waals surface area contributed by atoms with Gasteiger partial charge in [0.25, 0.3) is 0 Å². The van der Waals surface area contributed by atoms with Crippen LogP contribution in [0.1, 0.15) is 11.4 Å². The molecule has 2 aromatic rings. The molecule has 98 valence electrons. The highest BCUT2D eigenvalue weighted by Crippen LogP contribution is 2.30. The minimum atomic E-state index is -0.912. The average Bonchev–Trinajstić information content (AvgIpc) is 2.90. The number of carboxylic acids is 1. The summed E-state index contributed by atoms with van der Waals surface area (Å²) in [5.41, 5.74) is 1.66. The van der Waals surface area contributed by atoms with Crippen LogP contribution in [0.5, 0.6) is 0 Å². The lowest BCUT2D eigenvalue weighted by Crippen LogP contribution is -2.25. The maximum Gasteiger partial charge on any atom is 0.308 e. The van der Waals surface area contributed by atoms with Crippen LogP contribution >= 0.6 is 11.3 Å². The van der Waals surface area contributed by atoms with E-state index in [1.807, 2.05) is 25.1 Å². The lowest BCUT2D eigenvalue weighted by molar-refractivity contribution is -0.141. The molecule has 0 spiro atoms. The lowest BCUT2D eigenvalue weighted by Gasteiger charge is -2.15. The Morgan fingerprint density at radius 2 is 2.32 bits per heavy atom. The molecular formula is C13H12N2O3S. The number of nitrogens with zero attached hydrogens (tertiary/aromatic N) is 2. The molecule has 6 heteroatoms. The summed E-state index contributed by atoms with van der Waals surface area (Å²) >= 11 is 1.57. The summed E-state index contributed by atoms with van der Waals surface area (Å²) in [7, 11) is 0. The largest absolute Gasteiger partial charge is 0.481 e. The number of carboxylic acid groups (broad SMARTS) is 1. The minimum Gasteiger partial charge on any atom is -0.481 e. The van der Waals surface area contributed by atoms with Crippen LogP contribution in [0.2, 0.25) is 0 Å². The summed E-state index contributed by atoms with van der Waals surface area (Å²) in [6, 6.07) is 5.60. The molecule has 0 radical (unpaired) electrons. The second-order valence-electron chi connectivity index (χ2n) is 4.63. The van der Waals surface area contributed by atoms with Gasteiger partial charge in [0, 0.05) is 18.7 Å². The van der Waals surface area contributed by atoms with Gasteiger partial charge in [-0.25, -0.2) is 4.98 Å². The van der Waals surface area contributed by atoms with Crippen LogP contribution in [0.3, 0.4) is 0 Å². The van der Waals surface area contributed by atoms with E-state index in [2.05, 4.69) is 4.98 Å². The van der Waals surface area contributed by atoms with Crippen LogP contribution in [0, 0.1) is 12.8 Å². The number of benzene rings is 1. The predicted octanol–water partition coefficient (Wildman–Crippen LogP) is 2.04. The molecule has 1 saturated heterocycles. The van der Waals surface area contributed by atoms with E-state index < -0.39 is 11.9 Å². The molecule has 2 heterocycles. The molecule has 5 nitrogen and oxygen atoms in total. The Balaban J connectivity index is 1.95. The van der Waals surface area contributed by atoms with Crippen LogP contribution in [0.4, 0.5) is 5.69 Å². The molecule has 1 aromatic carbocycles. The van der Waals surface area contributed by atoms with Crippen LogP contribution in [0.25, 0.3) is 10.2 Å². The van der Waals surface area contributed by atoms with Crippen molar-refractivity contribution < 1.29 is 14.7 Å². The van der Waals surface area contributed by atoms with Crippen LogP contribution in [-0.4, -0.2) is 28.5 Å². The van der Waals surface area contributed by atoms with Crippen LogP contribution in [-0.2, 0) is 9.59 Å². The molecule has 0 aliphatic carbocycles. The van der Waals surface area contributed by atoms with Gasteiger partial charge in [-0.2, -0.15) is 0 Å². The maximum absolute atomic E-state index is 11.9. The number of aryl methyl sites for hydroxylation is 1. The first-order valence-corrected chi connectivity index (χ1v) is 6.76. The normalized spacial score (nSPS) is 19.3. The van der Waals surface area contributed by atoms with E-state index in [1.54, 1.807) is 16.2 Å². The first-order chi connectivity index (χ1) is 9.04. The number of anilines is 1. The van der Waals surface area contributed by atoms with Gasteiger partial charge < -0.3 is 10.0 Å². The Morgan fingerprint density at radius 3 is 3.00 bits per heavy atom. The van der Waals surface area contributed by atoms with Crippen molar-refractivity contribution in [3.63, 3.8) is 0 Å². The van der Waals surface area contributed by atoms with Gasteiger partial charge in [0.1, 0.15) is 0 Å². The molecule has 1 unspecified atom stereocenters. The smallest absolute Gasteiger partial charge is 0.308 e. The van der Waals surface area contributed by atoms with E-state index in [0.29, 0.717) is 0 Å². The molecule has 19 heavy (non-hydrogen) atoms. The van der Waals surface area contributed by atoms with E-state index in [1.165, 1.54) is 0 Å². The molecule has 1 fully saturated rings. The number of hydrogen-bond acceptors (Lipinski definition) is 4. The Hall–Kier alpha value is -1.95. The van der Waals surface area contributed by atoms with Crippen molar-refractivity contribution in [1.29, 1.82) is 0 Å². The Labute approximate surface area is 113 Å². The van der Waals surface area contributed by atoms with Crippen molar-refractivity contribution in [3.8, 4) is 0 Å². The standard InChI is InChI=1S/C13H12N2O3S/c1-7-14-10-3-2-9(5-11(10)19-7)15-6-8(13(17)18)4-12(15)16/h2-3,5,8H,4,6H2,1H3,(H,17,18). The van der Waals surface area contributed by atoms with Gasteiger partial charge >= 0.3 is 5.97 Å². The molecule has 0 bridgehead atoms. The van der Waals surface area contributed by atoms with Gasteiger partial charge in [0.05, 0.1) is 21.1 Å². The van der Waals surface area contributed by atoms with Gasteiger partial charge in [-0.05, 0) is 25.1 Å². The molecule has 1 aromatic heterocycles. The summed E-state index contributed by atoms with van der Waals surface area (Å²) in [6.07, 6.45) is 0.0785. The average molecular weight is 276 g/mol. The van der Waals surface area contributed by atoms with Crippen molar-refractivity contribution in [2.45, 2.75) is 13.3 Å². The highest BCUT2D eigenvalue weighted by atomic mass is 32.1. The third-order valence-corrected chi connectivity index (χ3v) is 4.20. The predicted molar refractivity (Wildman–Crippen MR) is 72.5 cm³/mol. The molecule has 0 saturated carbocycles. The van der Waals surface area contributed by atoms with E-state index in [9.17, 15) is 9.59 Å². The highest BCUT2D eigenvalue weighted by Gasteiger charge is 2.35. The topological polar surface area (TPSA) is 70.5 Å². The molecular weight excluding hydrogens is 264 g/mol. The molecule has 1 amide bonds. The fraction of sp³-hybridized carbons (Fsp3) is 0.308. The zero-order valence-electron chi connectivity index (χ0n) is 10.3. The zero-order chi connectivity index (χ0) is 13.6. The summed E-state index contributed by atoms with van der Waals surface area (Å²) in [4.78, 5) is 28.7. The maximum atomic E-state index is 11.9. The second kappa shape index (κ2) is 4.31. The molecule has 1 aliphatic rings. The summed E-state index contributed by atoms with van der Waals surface area (Å²) in [5, 5.41) is 9.96. The monoisotopic (exact) mass is 276 g/mol. The number of hydrogen-bond donors (Lipinski definition) is 1. The minimum absolute atomic E-state index is 0.0785. The second-order valence-corrected chi connectivity index (χ2v) is 5.86. The van der Waals surface area contributed by atoms with Gasteiger partial charge in [-0.1, -0.05) is 0 Å². The number of thiazole rings is 1. The van der Waals surface area contributed by atoms with E-state index in [-0.39, 0.29) is 18.9 Å². The van der Waals surface area contributed by atoms with Crippen molar-refractivity contribution in [2.24, 2.45) is 5.92 Å². The quantitative estimate of drug-likeness (QED) is 0.911. The Morgan fingerprint density at radius 1 is 1.53 bits per heavy atom. The van der Waals surface area contributed by atoms with Gasteiger partial charge in [0.2, 0.25) is 5.91 Å². The third kappa shape index (κ3) is 2.08. The summed E-state index contributed by atoms with van der Waals surface area (Å²) in [6.45, 7) is 2.18. The number of carbonyl (C=O) groups is 2. The van der Waals surface area contributed by atoms with Crippen molar-refractivity contribution in [3.05, 3.63) is 23.2 Å². The molecule has 1 atom stereocenters. The SMILES string of the molecule is Cc1nc2ccc(N3CC(C(=O)O)CC3=O)cc2s1. The number of aromatic nitrogens is 1. The third-order valence-electron chi connectivity index (χ3n) is 3.26.